The lowest BCUT2D eigenvalue weighted by Gasteiger charge is -2.32. The molecule has 0 aliphatic carbocycles. The number of halogens is 1. The van der Waals surface area contributed by atoms with E-state index in [1.165, 1.54) is 31.2 Å². The van der Waals surface area contributed by atoms with Gasteiger partial charge >= 0.3 is 13.1 Å². The zero-order chi connectivity index (χ0) is 26.7. The summed E-state index contributed by atoms with van der Waals surface area (Å²) in [6, 6.07) is 10.5. The first-order valence-electron chi connectivity index (χ1n) is 11.8. The normalized spacial score (nSPS) is 17.8. The molecule has 1 fully saturated rings. The maximum atomic E-state index is 13.2. The van der Waals surface area contributed by atoms with E-state index in [-0.39, 0.29) is 12.8 Å². The Bertz CT molecular complexity index is 1090. The number of carboxylic acids is 1. The zero-order valence-corrected chi connectivity index (χ0v) is 21.1. The minimum Gasteiger partial charge on any atom is -0.480 e. The Kier molecular flexibility index (Phi) is 8.21. The molecule has 2 amide bonds. The van der Waals surface area contributed by atoms with E-state index < -0.39 is 54.0 Å². The molecule has 3 rings (SSSR count). The van der Waals surface area contributed by atoms with Gasteiger partial charge in [0.25, 0.3) is 0 Å². The molecule has 2 aromatic rings. The van der Waals surface area contributed by atoms with Crippen molar-refractivity contribution in [1.82, 2.24) is 10.6 Å². The van der Waals surface area contributed by atoms with Crippen LogP contribution >= 0.6 is 0 Å². The molecule has 0 aromatic heterocycles. The Morgan fingerprint density at radius 3 is 1.81 bits per heavy atom. The Morgan fingerprint density at radius 1 is 0.861 bits per heavy atom. The highest BCUT2D eigenvalue weighted by Crippen LogP contribution is 2.36. The summed E-state index contributed by atoms with van der Waals surface area (Å²) in [7, 11) is -0.538. The van der Waals surface area contributed by atoms with Gasteiger partial charge in [-0.3, -0.25) is 9.59 Å². The van der Waals surface area contributed by atoms with Crippen molar-refractivity contribution in [1.29, 1.82) is 0 Å². The average molecular weight is 498 g/mol. The summed E-state index contributed by atoms with van der Waals surface area (Å²) < 4.78 is 25.3. The summed E-state index contributed by atoms with van der Waals surface area (Å²) in [5.74, 6) is -2.71. The second-order valence-corrected chi connectivity index (χ2v) is 10.0. The van der Waals surface area contributed by atoms with Gasteiger partial charge in [0.1, 0.15) is 17.9 Å². The van der Waals surface area contributed by atoms with E-state index >= 15 is 0 Å². The summed E-state index contributed by atoms with van der Waals surface area (Å²) >= 11 is 0. The van der Waals surface area contributed by atoms with Crippen LogP contribution in [0.1, 0.15) is 45.7 Å². The average Bonchev–Trinajstić information content (AvgIpc) is 3.01. The smallest absolute Gasteiger partial charge is 0.480 e. The first-order chi connectivity index (χ1) is 16.8. The molecular formula is C26H32BFN2O6. The Balaban J connectivity index is 1.68. The third-order valence-corrected chi connectivity index (χ3v) is 6.61. The van der Waals surface area contributed by atoms with E-state index in [1.807, 2.05) is 39.8 Å². The first-order valence-corrected chi connectivity index (χ1v) is 11.8. The molecule has 1 heterocycles. The van der Waals surface area contributed by atoms with E-state index in [9.17, 15) is 23.9 Å². The van der Waals surface area contributed by atoms with Crippen molar-refractivity contribution in [2.45, 2.75) is 70.7 Å². The number of rotatable bonds is 9. The van der Waals surface area contributed by atoms with Gasteiger partial charge in [0.05, 0.1) is 11.2 Å². The summed E-state index contributed by atoms with van der Waals surface area (Å²) in [5.41, 5.74) is 1.16. The van der Waals surface area contributed by atoms with E-state index in [2.05, 4.69) is 10.6 Å². The molecule has 36 heavy (non-hydrogen) atoms. The minimum atomic E-state index is -1.22. The van der Waals surface area contributed by atoms with Crippen LogP contribution in [0.15, 0.2) is 48.5 Å². The maximum absolute atomic E-state index is 13.2. The van der Waals surface area contributed by atoms with Gasteiger partial charge in [0, 0.05) is 19.8 Å². The number of hydrogen-bond acceptors (Lipinski definition) is 5. The van der Waals surface area contributed by atoms with Crippen molar-refractivity contribution in [2.75, 3.05) is 0 Å². The van der Waals surface area contributed by atoms with Crippen LogP contribution < -0.4 is 16.1 Å². The molecular weight excluding hydrogens is 466 g/mol. The predicted molar refractivity (Wildman–Crippen MR) is 133 cm³/mol. The Morgan fingerprint density at radius 2 is 1.33 bits per heavy atom. The molecule has 8 nitrogen and oxygen atoms in total. The Labute approximate surface area is 210 Å². The molecule has 192 valence electrons. The lowest BCUT2D eigenvalue weighted by Crippen LogP contribution is -2.52. The van der Waals surface area contributed by atoms with E-state index in [0.717, 1.165) is 5.46 Å². The SMILES string of the molecule is CC(=O)N[C@H](Cc1ccc(F)cc1)C(=O)N[C@@H](Cc1ccc(B2OC(C)(C)C(C)(C)O2)cc1)C(=O)O. The van der Waals surface area contributed by atoms with Crippen molar-refractivity contribution >= 4 is 30.4 Å². The molecule has 0 saturated carbocycles. The second kappa shape index (κ2) is 10.8. The summed E-state index contributed by atoms with van der Waals surface area (Å²) in [5, 5.41) is 14.8. The predicted octanol–water partition coefficient (Wildman–Crippen LogP) is 1.98. The van der Waals surface area contributed by atoms with Gasteiger partial charge in [-0.2, -0.15) is 0 Å². The molecule has 3 N–H and O–H groups in total. The highest BCUT2D eigenvalue weighted by atomic mass is 19.1. The van der Waals surface area contributed by atoms with Crippen LogP contribution in [0.2, 0.25) is 0 Å². The molecule has 0 bridgehead atoms. The van der Waals surface area contributed by atoms with Crippen LogP contribution in [0.3, 0.4) is 0 Å². The summed E-state index contributed by atoms with van der Waals surface area (Å²) in [6.07, 6.45) is 0.120. The van der Waals surface area contributed by atoms with Gasteiger partial charge < -0.3 is 25.0 Å². The van der Waals surface area contributed by atoms with Crippen LogP contribution in [0.25, 0.3) is 0 Å². The number of carbonyl (C=O) groups is 3. The van der Waals surface area contributed by atoms with Crippen molar-refractivity contribution in [2.24, 2.45) is 0 Å². The topological polar surface area (TPSA) is 114 Å². The lowest BCUT2D eigenvalue weighted by atomic mass is 9.78. The molecule has 2 atom stereocenters. The van der Waals surface area contributed by atoms with Crippen LogP contribution in [-0.4, -0.2) is 53.3 Å². The third kappa shape index (κ3) is 6.70. The molecule has 0 radical (unpaired) electrons. The fourth-order valence-corrected chi connectivity index (χ4v) is 3.81. The van der Waals surface area contributed by atoms with Gasteiger partial charge in [-0.05, 0) is 56.4 Å². The highest BCUT2D eigenvalue weighted by Gasteiger charge is 2.51. The van der Waals surface area contributed by atoms with Crippen molar-refractivity contribution < 1.29 is 33.2 Å². The molecule has 0 unspecified atom stereocenters. The molecule has 10 heteroatoms. The van der Waals surface area contributed by atoms with Crippen LogP contribution in [0.4, 0.5) is 4.39 Å². The third-order valence-electron chi connectivity index (χ3n) is 6.61. The molecule has 1 aliphatic heterocycles. The molecule has 0 spiro atoms. The fourth-order valence-electron chi connectivity index (χ4n) is 3.81. The summed E-state index contributed by atoms with van der Waals surface area (Å²) in [6.45, 7) is 9.12. The first kappa shape index (κ1) is 27.4. The van der Waals surface area contributed by atoms with Gasteiger partial charge in [-0.15, -0.1) is 0 Å². The van der Waals surface area contributed by atoms with Gasteiger partial charge in [-0.25, -0.2) is 9.18 Å². The monoisotopic (exact) mass is 498 g/mol. The molecule has 2 aromatic carbocycles. The quantitative estimate of drug-likeness (QED) is 0.456. The van der Waals surface area contributed by atoms with Crippen LogP contribution in [0.5, 0.6) is 0 Å². The van der Waals surface area contributed by atoms with E-state index in [1.54, 1.807) is 12.1 Å². The zero-order valence-electron chi connectivity index (χ0n) is 21.1. The number of nitrogens with one attached hydrogen (secondary N) is 2. The molecule has 1 aliphatic rings. The lowest BCUT2D eigenvalue weighted by molar-refractivity contribution is -0.142. The van der Waals surface area contributed by atoms with Gasteiger partial charge in [0.2, 0.25) is 11.8 Å². The standard InChI is InChI=1S/C26H32BFN2O6/c1-16(31)29-21(14-18-8-12-20(28)13-9-18)23(32)30-22(24(33)34)15-17-6-10-19(11-7-17)27-35-25(2,3)26(4,5)36-27/h6-13,21-22H,14-15H2,1-5H3,(H,29,31)(H,30,32)(H,33,34)/t21-,22+/m1/s1. The van der Waals surface area contributed by atoms with E-state index in [0.29, 0.717) is 11.1 Å². The second-order valence-electron chi connectivity index (χ2n) is 10.0. The van der Waals surface area contributed by atoms with Gasteiger partial charge in [0.15, 0.2) is 0 Å². The van der Waals surface area contributed by atoms with E-state index in [4.69, 9.17) is 9.31 Å². The van der Waals surface area contributed by atoms with Crippen LogP contribution in [0, 0.1) is 5.82 Å². The largest absolute Gasteiger partial charge is 0.494 e. The summed E-state index contributed by atoms with van der Waals surface area (Å²) in [4.78, 5) is 36.5. The minimum absolute atomic E-state index is 0.0358. The number of amides is 2. The van der Waals surface area contributed by atoms with Crippen molar-refractivity contribution in [3.8, 4) is 0 Å². The van der Waals surface area contributed by atoms with Crippen molar-refractivity contribution in [3.63, 3.8) is 0 Å². The Hall–Kier alpha value is -3.24. The van der Waals surface area contributed by atoms with Gasteiger partial charge in [-0.1, -0.05) is 36.4 Å². The number of benzene rings is 2. The number of aliphatic carboxylic acids is 1. The number of hydrogen-bond donors (Lipinski definition) is 3. The number of carbonyl (C=O) groups excluding carboxylic acids is 2. The van der Waals surface area contributed by atoms with Crippen LogP contribution in [-0.2, 0) is 36.5 Å². The number of carboxylic acid groups (broad SMARTS) is 1. The fraction of sp³-hybridized carbons (Fsp3) is 0.423. The van der Waals surface area contributed by atoms with Crippen molar-refractivity contribution in [3.05, 3.63) is 65.5 Å². The highest BCUT2D eigenvalue weighted by molar-refractivity contribution is 6.62. The molecule has 1 saturated heterocycles. The maximum Gasteiger partial charge on any atom is 0.494 e.